The average Bonchev–Trinajstić information content (AvgIpc) is 3.17. The van der Waals surface area contributed by atoms with Gasteiger partial charge in [-0.3, -0.25) is 14.8 Å². The Kier molecular flexibility index (Phi) is 6.38. The second kappa shape index (κ2) is 9.93. The first-order valence-corrected chi connectivity index (χ1v) is 11.7. The monoisotopic (exact) mass is 477 g/mol. The molecule has 0 aliphatic rings. The number of aromatic nitrogens is 2. The van der Waals surface area contributed by atoms with Crippen LogP contribution in [0.3, 0.4) is 0 Å². The molecular weight excluding hydrogens is 450 g/mol. The number of hydrogen-bond acceptors (Lipinski definition) is 4. The smallest absolute Gasteiger partial charge is 0.238 e. The minimum Gasteiger partial charge on any atom is -0.508 e. The van der Waals surface area contributed by atoms with Crippen LogP contribution in [0.1, 0.15) is 5.56 Å². The number of phenols is 1. The third-order valence-electron chi connectivity index (χ3n) is 6.18. The molecule has 7 nitrogen and oxygen atoms in total. The highest BCUT2D eigenvalue weighted by Gasteiger charge is 2.14. The Morgan fingerprint density at radius 2 is 1.53 bits per heavy atom. The molecule has 7 heteroatoms. The maximum Gasteiger partial charge on any atom is 0.238 e. The average molecular weight is 478 g/mol. The normalized spacial score (nSPS) is 11.0. The Hall–Kier alpha value is -4.62. The topological polar surface area (TPSA) is 95.1 Å². The van der Waals surface area contributed by atoms with Crippen molar-refractivity contribution in [3.05, 3.63) is 108 Å². The molecule has 0 unspecified atom stereocenters. The zero-order valence-corrected chi connectivity index (χ0v) is 19.9. The highest BCUT2D eigenvalue weighted by Crippen LogP contribution is 2.29. The molecule has 0 saturated heterocycles. The SMILES string of the molecule is CNCC(=O)Nc1ccccc1-c1ccc(-n2c(=N)n(Cc3ccccc3O)c3ccccc32)cc1. The van der Waals surface area contributed by atoms with Gasteiger partial charge >= 0.3 is 0 Å². The number of para-hydroxylation sites is 4. The van der Waals surface area contributed by atoms with E-state index in [1.54, 1.807) is 19.2 Å². The summed E-state index contributed by atoms with van der Waals surface area (Å²) in [5, 5.41) is 25.1. The molecule has 0 bridgehead atoms. The summed E-state index contributed by atoms with van der Waals surface area (Å²) in [4.78, 5) is 12.1. The molecule has 1 heterocycles. The van der Waals surface area contributed by atoms with Crippen molar-refractivity contribution < 1.29 is 9.90 Å². The maximum atomic E-state index is 12.1. The van der Waals surface area contributed by atoms with E-state index >= 15 is 0 Å². The molecule has 0 atom stereocenters. The molecule has 5 aromatic rings. The first-order valence-electron chi connectivity index (χ1n) is 11.7. The quantitative estimate of drug-likeness (QED) is 0.278. The van der Waals surface area contributed by atoms with E-state index in [2.05, 4.69) is 10.6 Å². The van der Waals surface area contributed by atoms with E-state index in [0.29, 0.717) is 12.2 Å². The molecule has 1 aromatic heterocycles. The second-order valence-electron chi connectivity index (χ2n) is 8.53. The lowest BCUT2D eigenvalue weighted by Gasteiger charge is -2.12. The second-order valence-corrected chi connectivity index (χ2v) is 8.53. The molecule has 180 valence electrons. The van der Waals surface area contributed by atoms with Gasteiger partial charge in [-0.25, -0.2) is 0 Å². The van der Waals surface area contributed by atoms with Crippen LogP contribution >= 0.6 is 0 Å². The van der Waals surface area contributed by atoms with Crippen molar-refractivity contribution in [1.82, 2.24) is 14.5 Å². The third kappa shape index (κ3) is 4.39. The number of imidazole rings is 1. The number of carbonyl (C=O) groups excluding carboxylic acids is 1. The fourth-order valence-electron chi connectivity index (χ4n) is 4.46. The summed E-state index contributed by atoms with van der Waals surface area (Å²) in [5.74, 6) is 0.110. The number of benzene rings is 4. The Bertz CT molecular complexity index is 1600. The van der Waals surface area contributed by atoms with E-state index < -0.39 is 0 Å². The summed E-state index contributed by atoms with van der Waals surface area (Å²) < 4.78 is 3.80. The van der Waals surface area contributed by atoms with Gasteiger partial charge in [0.2, 0.25) is 11.5 Å². The van der Waals surface area contributed by atoms with E-state index in [0.717, 1.165) is 39.1 Å². The standard InChI is InChI=1S/C29H27N5O2/c1-31-18-28(36)32-24-10-4-3-9-23(24)20-14-16-22(17-15-20)34-26-12-6-5-11-25(26)33(29(34)30)19-21-8-2-7-13-27(21)35/h2-17,30-31,35H,18-19H2,1H3,(H,32,36). The Morgan fingerprint density at radius 1 is 0.861 bits per heavy atom. The number of amides is 1. The van der Waals surface area contributed by atoms with Crippen LogP contribution in [0.15, 0.2) is 97.1 Å². The van der Waals surface area contributed by atoms with Crippen molar-refractivity contribution in [3.8, 4) is 22.6 Å². The van der Waals surface area contributed by atoms with Crippen molar-refractivity contribution in [2.24, 2.45) is 0 Å². The lowest BCUT2D eigenvalue weighted by Crippen LogP contribution is -2.25. The number of carbonyl (C=O) groups is 1. The summed E-state index contributed by atoms with van der Waals surface area (Å²) >= 11 is 0. The van der Waals surface area contributed by atoms with E-state index in [1.807, 2.05) is 94.1 Å². The molecule has 0 saturated carbocycles. The maximum absolute atomic E-state index is 12.1. The lowest BCUT2D eigenvalue weighted by molar-refractivity contribution is -0.115. The summed E-state index contributed by atoms with van der Waals surface area (Å²) in [6, 6.07) is 30.8. The fourth-order valence-corrected chi connectivity index (χ4v) is 4.46. The molecule has 0 fully saturated rings. The summed E-state index contributed by atoms with van der Waals surface area (Å²) in [6.07, 6.45) is 0. The van der Waals surface area contributed by atoms with Crippen LogP contribution in [0.4, 0.5) is 5.69 Å². The molecule has 0 aliphatic heterocycles. The van der Waals surface area contributed by atoms with Crippen molar-refractivity contribution >= 4 is 22.6 Å². The molecule has 5 rings (SSSR count). The van der Waals surface area contributed by atoms with E-state index in [9.17, 15) is 9.90 Å². The fraction of sp³-hybridized carbons (Fsp3) is 0.103. The Balaban J connectivity index is 1.54. The van der Waals surface area contributed by atoms with Gasteiger partial charge < -0.3 is 20.3 Å². The minimum absolute atomic E-state index is 0.103. The number of likely N-dealkylation sites (N-methyl/N-ethyl adjacent to an activating group) is 1. The van der Waals surface area contributed by atoms with Crippen molar-refractivity contribution in [2.45, 2.75) is 6.54 Å². The van der Waals surface area contributed by atoms with Crippen LogP contribution in [0.25, 0.3) is 27.8 Å². The number of hydrogen-bond donors (Lipinski definition) is 4. The van der Waals surface area contributed by atoms with Gasteiger partial charge in [0.15, 0.2) is 0 Å². The van der Waals surface area contributed by atoms with E-state index in [1.165, 1.54) is 0 Å². The largest absolute Gasteiger partial charge is 0.508 e. The van der Waals surface area contributed by atoms with Crippen molar-refractivity contribution in [2.75, 3.05) is 18.9 Å². The van der Waals surface area contributed by atoms with Gasteiger partial charge in [-0.1, -0.05) is 60.7 Å². The van der Waals surface area contributed by atoms with Crippen LogP contribution in [-0.4, -0.2) is 33.7 Å². The van der Waals surface area contributed by atoms with Crippen LogP contribution in [0.5, 0.6) is 5.75 Å². The van der Waals surface area contributed by atoms with Gasteiger partial charge in [0, 0.05) is 22.5 Å². The zero-order chi connectivity index (χ0) is 25.1. The Morgan fingerprint density at radius 3 is 2.28 bits per heavy atom. The number of rotatable bonds is 7. The molecule has 4 aromatic carbocycles. The van der Waals surface area contributed by atoms with E-state index in [4.69, 9.17) is 5.41 Å². The van der Waals surface area contributed by atoms with Crippen molar-refractivity contribution in [1.29, 1.82) is 5.41 Å². The summed E-state index contributed by atoms with van der Waals surface area (Å²) in [6.45, 7) is 0.623. The molecule has 1 amide bonds. The highest BCUT2D eigenvalue weighted by atomic mass is 16.3. The number of anilines is 1. The van der Waals surface area contributed by atoms with Crippen molar-refractivity contribution in [3.63, 3.8) is 0 Å². The van der Waals surface area contributed by atoms with Gasteiger partial charge in [-0.05, 0) is 49.0 Å². The Labute approximate surface area is 208 Å². The van der Waals surface area contributed by atoms with Gasteiger partial charge in [-0.15, -0.1) is 0 Å². The van der Waals surface area contributed by atoms with Gasteiger partial charge in [0.25, 0.3) is 0 Å². The van der Waals surface area contributed by atoms with Crippen LogP contribution in [-0.2, 0) is 11.3 Å². The molecule has 36 heavy (non-hydrogen) atoms. The number of fused-ring (bicyclic) bond motifs is 1. The van der Waals surface area contributed by atoms with Crippen LogP contribution < -0.4 is 16.3 Å². The predicted molar refractivity (Wildman–Crippen MR) is 142 cm³/mol. The third-order valence-corrected chi connectivity index (χ3v) is 6.18. The first kappa shape index (κ1) is 23.1. The highest BCUT2D eigenvalue weighted by molar-refractivity contribution is 5.96. The van der Waals surface area contributed by atoms with Crippen LogP contribution in [0.2, 0.25) is 0 Å². The molecular formula is C29H27N5O2. The molecule has 0 radical (unpaired) electrons. The predicted octanol–water partition coefficient (Wildman–Crippen LogP) is 4.49. The molecule has 0 aliphatic carbocycles. The summed E-state index contributed by atoms with van der Waals surface area (Å²) in [7, 11) is 1.74. The van der Waals surface area contributed by atoms with Gasteiger partial charge in [0.05, 0.1) is 24.1 Å². The summed E-state index contributed by atoms with van der Waals surface area (Å²) in [5.41, 5.74) is 6.37. The number of nitrogens with one attached hydrogen (secondary N) is 3. The minimum atomic E-state index is -0.103. The lowest BCUT2D eigenvalue weighted by atomic mass is 10.0. The molecule has 4 N–H and O–H groups in total. The van der Waals surface area contributed by atoms with Gasteiger partial charge in [-0.2, -0.15) is 0 Å². The first-order chi connectivity index (χ1) is 17.6. The number of nitrogens with zero attached hydrogens (tertiary/aromatic N) is 2. The van der Waals surface area contributed by atoms with E-state index in [-0.39, 0.29) is 18.2 Å². The number of aromatic hydroxyl groups is 1. The molecule has 0 spiro atoms. The van der Waals surface area contributed by atoms with Gasteiger partial charge in [0.1, 0.15) is 5.75 Å². The zero-order valence-electron chi connectivity index (χ0n) is 19.9. The number of phenolic OH excluding ortho intramolecular Hbond substituents is 1. The van der Waals surface area contributed by atoms with Crippen LogP contribution in [0, 0.1) is 5.41 Å².